The number of fused-ring (bicyclic) bond motifs is 1. The lowest BCUT2D eigenvalue weighted by atomic mass is 9.98. The summed E-state index contributed by atoms with van der Waals surface area (Å²) < 4.78 is 11.8. The molecule has 21 heavy (non-hydrogen) atoms. The molecule has 4 heteroatoms. The summed E-state index contributed by atoms with van der Waals surface area (Å²) >= 11 is 0. The van der Waals surface area contributed by atoms with Crippen LogP contribution in [0.25, 0.3) is 0 Å². The molecule has 3 rings (SSSR count). The molecule has 0 radical (unpaired) electrons. The molecule has 110 valence electrons. The average Bonchev–Trinajstić information content (AvgIpc) is 2.54. The third kappa shape index (κ3) is 3.01. The minimum atomic E-state index is -0.107. The lowest BCUT2D eigenvalue weighted by Gasteiger charge is -2.32. The Labute approximate surface area is 124 Å². The van der Waals surface area contributed by atoms with Crippen molar-refractivity contribution in [2.45, 2.75) is 25.5 Å². The van der Waals surface area contributed by atoms with E-state index in [0.29, 0.717) is 6.61 Å². The first-order chi connectivity index (χ1) is 10.3. The van der Waals surface area contributed by atoms with Crippen molar-refractivity contribution in [3.05, 3.63) is 59.7 Å². The van der Waals surface area contributed by atoms with Crippen molar-refractivity contribution >= 4 is 0 Å². The van der Waals surface area contributed by atoms with E-state index in [9.17, 15) is 0 Å². The second-order valence-corrected chi connectivity index (χ2v) is 5.32. The molecule has 0 bridgehead atoms. The van der Waals surface area contributed by atoms with Gasteiger partial charge in [-0.3, -0.25) is 11.3 Å². The van der Waals surface area contributed by atoms with Crippen LogP contribution in [0, 0.1) is 6.92 Å². The summed E-state index contributed by atoms with van der Waals surface area (Å²) in [5.41, 5.74) is 5.40. The first-order valence-corrected chi connectivity index (χ1v) is 7.17. The number of benzene rings is 2. The van der Waals surface area contributed by atoms with Crippen LogP contribution in [-0.2, 0) is 6.42 Å². The summed E-state index contributed by atoms with van der Waals surface area (Å²) in [5, 5.41) is 0. The Balaban J connectivity index is 1.74. The zero-order valence-electron chi connectivity index (χ0n) is 12.1. The number of hydrazine groups is 1. The SMILES string of the molecule is Cc1ccccc1CC(NN)C1COc2ccccc2O1. The van der Waals surface area contributed by atoms with Gasteiger partial charge in [0.1, 0.15) is 12.7 Å². The largest absolute Gasteiger partial charge is 0.486 e. The van der Waals surface area contributed by atoms with Crippen molar-refractivity contribution in [1.29, 1.82) is 0 Å². The summed E-state index contributed by atoms with van der Waals surface area (Å²) in [7, 11) is 0. The van der Waals surface area contributed by atoms with Crippen LogP contribution >= 0.6 is 0 Å². The summed E-state index contributed by atoms with van der Waals surface area (Å²) in [5.74, 6) is 7.30. The van der Waals surface area contributed by atoms with Crippen molar-refractivity contribution in [3.63, 3.8) is 0 Å². The molecule has 2 aromatic rings. The molecule has 3 N–H and O–H groups in total. The van der Waals surface area contributed by atoms with Gasteiger partial charge in [0.2, 0.25) is 0 Å². The number of hydrogen-bond acceptors (Lipinski definition) is 4. The average molecular weight is 284 g/mol. The van der Waals surface area contributed by atoms with Gasteiger partial charge in [-0.15, -0.1) is 0 Å². The summed E-state index contributed by atoms with van der Waals surface area (Å²) in [6.45, 7) is 2.61. The maximum atomic E-state index is 6.03. The van der Waals surface area contributed by atoms with Crippen molar-refractivity contribution < 1.29 is 9.47 Å². The van der Waals surface area contributed by atoms with E-state index in [-0.39, 0.29) is 12.1 Å². The maximum absolute atomic E-state index is 6.03. The number of nitrogens with one attached hydrogen (secondary N) is 1. The fourth-order valence-electron chi connectivity index (χ4n) is 2.61. The molecule has 2 aromatic carbocycles. The van der Waals surface area contributed by atoms with Crippen molar-refractivity contribution in [1.82, 2.24) is 5.43 Å². The number of hydrogen-bond donors (Lipinski definition) is 2. The number of rotatable bonds is 4. The molecule has 0 aliphatic carbocycles. The highest BCUT2D eigenvalue weighted by atomic mass is 16.6. The molecule has 0 fully saturated rings. The molecular formula is C17H20N2O2. The molecule has 0 saturated heterocycles. The monoisotopic (exact) mass is 284 g/mol. The molecule has 2 atom stereocenters. The Bertz CT molecular complexity index is 615. The highest BCUT2D eigenvalue weighted by Crippen LogP contribution is 2.32. The second kappa shape index (κ2) is 6.16. The van der Waals surface area contributed by atoms with Crippen LogP contribution in [-0.4, -0.2) is 18.8 Å². The molecule has 1 heterocycles. The maximum Gasteiger partial charge on any atom is 0.161 e. The van der Waals surface area contributed by atoms with Crippen molar-refractivity contribution in [2.24, 2.45) is 5.84 Å². The minimum Gasteiger partial charge on any atom is -0.486 e. The summed E-state index contributed by atoms with van der Waals surface area (Å²) in [6, 6.07) is 16.0. The van der Waals surface area contributed by atoms with Crippen LogP contribution in [0.1, 0.15) is 11.1 Å². The van der Waals surface area contributed by atoms with Gasteiger partial charge in [-0.05, 0) is 36.6 Å². The van der Waals surface area contributed by atoms with E-state index in [1.54, 1.807) is 0 Å². The predicted octanol–water partition coefficient (Wildman–Crippen LogP) is 2.21. The molecule has 0 amide bonds. The molecule has 0 saturated carbocycles. The first kappa shape index (κ1) is 13.9. The molecular weight excluding hydrogens is 264 g/mol. The van der Waals surface area contributed by atoms with Crippen LogP contribution in [0.2, 0.25) is 0 Å². The standard InChI is InChI=1S/C17H20N2O2/c1-12-6-2-3-7-13(12)10-14(19-18)17-11-20-15-8-4-5-9-16(15)21-17/h2-9,14,17,19H,10-11,18H2,1H3. The molecule has 4 nitrogen and oxygen atoms in total. The van der Waals surface area contributed by atoms with E-state index in [1.165, 1.54) is 11.1 Å². The van der Waals surface area contributed by atoms with E-state index >= 15 is 0 Å². The van der Waals surface area contributed by atoms with Crippen molar-refractivity contribution in [2.75, 3.05) is 6.61 Å². The van der Waals surface area contributed by atoms with E-state index in [2.05, 4.69) is 24.5 Å². The quantitative estimate of drug-likeness (QED) is 0.667. The van der Waals surface area contributed by atoms with Crippen LogP contribution < -0.4 is 20.7 Å². The normalized spacial score (nSPS) is 18.3. The zero-order chi connectivity index (χ0) is 14.7. The van der Waals surface area contributed by atoms with Gasteiger partial charge in [-0.25, -0.2) is 0 Å². The third-order valence-electron chi connectivity index (χ3n) is 3.89. The second-order valence-electron chi connectivity index (χ2n) is 5.32. The Hall–Kier alpha value is -2.04. The fourth-order valence-corrected chi connectivity index (χ4v) is 2.61. The van der Waals surface area contributed by atoms with Crippen LogP contribution in [0.15, 0.2) is 48.5 Å². The summed E-state index contributed by atoms with van der Waals surface area (Å²) in [4.78, 5) is 0. The molecule has 0 aromatic heterocycles. The van der Waals surface area contributed by atoms with Gasteiger partial charge in [0, 0.05) is 0 Å². The van der Waals surface area contributed by atoms with Crippen LogP contribution in [0.3, 0.4) is 0 Å². The lowest BCUT2D eigenvalue weighted by molar-refractivity contribution is 0.0619. The highest BCUT2D eigenvalue weighted by Gasteiger charge is 2.28. The van der Waals surface area contributed by atoms with Gasteiger partial charge in [-0.1, -0.05) is 36.4 Å². The minimum absolute atomic E-state index is 0.000504. The number of nitrogens with two attached hydrogens (primary N) is 1. The molecule has 2 unspecified atom stereocenters. The highest BCUT2D eigenvalue weighted by molar-refractivity contribution is 5.41. The van der Waals surface area contributed by atoms with Gasteiger partial charge in [0.15, 0.2) is 11.5 Å². The van der Waals surface area contributed by atoms with E-state index in [4.69, 9.17) is 15.3 Å². The van der Waals surface area contributed by atoms with Crippen LogP contribution in [0.4, 0.5) is 0 Å². The number of ether oxygens (including phenoxy) is 2. The number of para-hydroxylation sites is 2. The van der Waals surface area contributed by atoms with Gasteiger partial charge < -0.3 is 9.47 Å². The van der Waals surface area contributed by atoms with Crippen molar-refractivity contribution in [3.8, 4) is 11.5 Å². The Morgan fingerprint density at radius 3 is 2.62 bits per heavy atom. The fraction of sp³-hybridized carbons (Fsp3) is 0.294. The van der Waals surface area contributed by atoms with Gasteiger partial charge in [-0.2, -0.15) is 0 Å². The van der Waals surface area contributed by atoms with E-state index in [1.807, 2.05) is 36.4 Å². The molecule has 0 spiro atoms. The molecule has 1 aliphatic heterocycles. The third-order valence-corrected chi connectivity index (χ3v) is 3.89. The number of aryl methyl sites for hydroxylation is 1. The van der Waals surface area contributed by atoms with Crippen LogP contribution in [0.5, 0.6) is 11.5 Å². The zero-order valence-corrected chi connectivity index (χ0v) is 12.1. The smallest absolute Gasteiger partial charge is 0.161 e. The first-order valence-electron chi connectivity index (χ1n) is 7.17. The van der Waals surface area contributed by atoms with Gasteiger partial charge >= 0.3 is 0 Å². The van der Waals surface area contributed by atoms with Gasteiger partial charge in [0.05, 0.1) is 6.04 Å². The van der Waals surface area contributed by atoms with Gasteiger partial charge in [0.25, 0.3) is 0 Å². The Morgan fingerprint density at radius 2 is 1.86 bits per heavy atom. The predicted molar refractivity (Wildman–Crippen MR) is 82.3 cm³/mol. The van der Waals surface area contributed by atoms with E-state index in [0.717, 1.165) is 17.9 Å². The van der Waals surface area contributed by atoms with E-state index < -0.39 is 0 Å². The Kier molecular flexibility index (Phi) is 4.08. The topological polar surface area (TPSA) is 56.5 Å². The Morgan fingerprint density at radius 1 is 1.14 bits per heavy atom. The summed E-state index contributed by atoms with van der Waals surface area (Å²) in [6.07, 6.45) is 0.698. The lowest BCUT2D eigenvalue weighted by Crippen LogP contribution is -2.51. The molecule has 1 aliphatic rings.